The maximum Gasteiger partial charge on any atom is 0.223 e. The highest BCUT2D eigenvalue weighted by atomic mass is 16.3. The summed E-state index contributed by atoms with van der Waals surface area (Å²) in [4.78, 5) is 16.0. The third-order valence-electron chi connectivity index (χ3n) is 7.38. The van der Waals surface area contributed by atoms with E-state index in [1.54, 1.807) is 12.4 Å². The zero-order chi connectivity index (χ0) is 25.9. The molecule has 1 aromatic carbocycles. The first kappa shape index (κ1) is 24.9. The molecule has 3 unspecified atom stereocenters. The molecule has 2 N–H and O–H groups in total. The monoisotopic (exact) mass is 495 g/mol. The highest BCUT2D eigenvalue weighted by Crippen LogP contribution is 2.31. The van der Waals surface area contributed by atoms with Crippen LogP contribution in [0.4, 0.5) is 5.95 Å². The van der Waals surface area contributed by atoms with E-state index < -0.39 is 6.10 Å². The molecule has 190 valence electrons. The first-order chi connectivity index (χ1) is 18.0. The van der Waals surface area contributed by atoms with E-state index in [2.05, 4.69) is 46.3 Å². The Morgan fingerprint density at radius 3 is 2.68 bits per heavy atom. The second kappa shape index (κ2) is 10.7. The number of aliphatic hydroxyl groups excluding tert-OH is 1. The number of aryl methyl sites for hydroxylation is 1. The Morgan fingerprint density at radius 2 is 1.95 bits per heavy atom. The quantitative estimate of drug-likeness (QED) is 0.381. The number of hydrogen-bond acceptors (Lipinski definition) is 7. The molecule has 3 aromatic heterocycles. The number of aliphatic hydroxyl groups is 1. The van der Waals surface area contributed by atoms with E-state index in [9.17, 15) is 10.4 Å². The maximum absolute atomic E-state index is 10.9. The van der Waals surface area contributed by atoms with Crippen molar-refractivity contribution < 1.29 is 5.11 Å². The van der Waals surface area contributed by atoms with Crippen molar-refractivity contribution in [2.45, 2.75) is 45.3 Å². The van der Waals surface area contributed by atoms with E-state index in [0.29, 0.717) is 17.2 Å². The summed E-state index contributed by atoms with van der Waals surface area (Å²) >= 11 is 0. The van der Waals surface area contributed by atoms with Gasteiger partial charge in [0.1, 0.15) is 17.4 Å². The van der Waals surface area contributed by atoms with E-state index in [1.165, 1.54) is 0 Å². The molecule has 0 radical (unpaired) electrons. The first-order valence-corrected chi connectivity index (χ1v) is 12.9. The normalized spacial score (nSPS) is 17.9. The van der Waals surface area contributed by atoms with Crippen molar-refractivity contribution in [1.29, 1.82) is 5.26 Å². The van der Waals surface area contributed by atoms with Crippen LogP contribution in [0.5, 0.6) is 0 Å². The van der Waals surface area contributed by atoms with Crippen LogP contribution in [0.15, 0.2) is 55.0 Å². The molecule has 0 saturated carbocycles. The molecule has 0 bridgehead atoms. The van der Waals surface area contributed by atoms with E-state index in [0.717, 1.165) is 60.4 Å². The number of fused-ring (bicyclic) bond motifs is 1. The number of likely N-dealkylation sites (tertiary alicyclic amines) is 1. The molecular weight excluding hydrogens is 462 g/mol. The van der Waals surface area contributed by atoms with Gasteiger partial charge < -0.3 is 15.3 Å². The van der Waals surface area contributed by atoms with Crippen LogP contribution in [0.3, 0.4) is 0 Å². The molecule has 3 atom stereocenters. The van der Waals surface area contributed by atoms with Crippen LogP contribution in [-0.4, -0.2) is 49.5 Å². The second-order valence-corrected chi connectivity index (χ2v) is 9.93. The van der Waals surface area contributed by atoms with Crippen molar-refractivity contribution in [3.63, 3.8) is 0 Å². The number of nitrogens with zero attached hydrogens (tertiary/aromatic N) is 6. The molecule has 8 nitrogen and oxygen atoms in total. The van der Waals surface area contributed by atoms with Crippen molar-refractivity contribution in [3.05, 3.63) is 77.2 Å². The van der Waals surface area contributed by atoms with Gasteiger partial charge in [0.25, 0.3) is 0 Å². The first-order valence-electron chi connectivity index (χ1n) is 12.9. The zero-order valence-electron chi connectivity index (χ0n) is 21.6. The summed E-state index contributed by atoms with van der Waals surface area (Å²) in [5, 5.41) is 24.0. The molecule has 4 heterocycles. The van der Waals surface area contributed by atoms with Crippen LogP contribution < -0.4 is 5.32 Å². The van der Waals surface area contributed by atoms with Crippen molar-refractivity contribution in [2.24, 2.45) is 5.92 Å². The van der Waals surface area contributed by atoms with Gasteiger partial charge in [0, 0.05) is 18.7 Å². The fourth-order valence-corrected chi connectivity index (χ4v) is 5.24. The fraction of sp³-hybridized carbons (Fsp3) is 0.379. The average Bonchev–Trinajstić information content (AvgIpc) is 3.37. The van der Waals surface area contributed by atoms with E-state index >= 15 is 0 Å². The van der Waals surface area contributed by atoms with Crippen LogP contribution in [0, 0.1) is 17.2 Å². The molecule has 1 aliphatic rings. The highest BCUT2D eigenvalue weighted by molar-refractivity contribution is 5.68. The summed E-state index contributed by atoms with van der Waals surface area (Å²) in [5.41, 5.74) is 5.72. The van der Waals surface area contributed by atoms with Gasteiger partial charge >= 0.3 is 0 Å². The van der Waals surface area contributed by atoms with Crippen molar-refractivity contribution >= 4 is 11.6 Å². The number of nitriles is 1. The molecule has 0 spiro atoms. The minimum Gasteiger partial charge on any atom is -0.388 e. The summed E-state index contributed by atoms with van der Waals surface area (Å²) < 4.78 is 1.98. The van der Waals surface area contributed by atoms with Crippen LogP contribution in [0.2, 0.25) is 0 Å². The van der Waals surface area contributed by atoms with Gasteiger partial charge in [-0.3, -0.25) is 4.40 Å². The number of piperidine rings is 1. The molecule has 0 amide bonds. The van der Waals surface area contributed by atoms with Crippen LogP contribution in [-0.2, 0) is 6.42 Å². The summed E-state index contributed by atoms with van der Waals surface area (Å²) in [6.45, 7) is 6.16. The van der Waals surface area contributed by atoms with Crippen molar-refractivity contribution in [3.8, 4) is 17.5 Å². The predicted molar refractivity (Wildman–Crippen MR) is 144 cm³/mol. The predicted octanol–water partition coefficient (Wildman–Crippen LogP) is 4.77. The molecule has 4 aromatic rings. The van der Waals surface area contributed by atoms with Gasteiger partial charge in [-0.25, -0.2) is 15.0 Å². The lowest BCUT2D eigenvalue weighted by atomic mass is 9.88. The van der Waals surface area contributed by atoms with Gasteiger partial charge in [-0.2, -0.15) is 5.26 Å². The van der Waals surface area contributed by atoms with Crippen LogP contribution in [0.25, 0.3) is 17.0 Å². The molecular formula is C29H33N7O. The number of aromatic nitrogens is 4. The number of benzene rings is 1. The Kier molecular flexibility index (Phi) is 7.17. The van der Waals surface area contributed by atoms with E-state index in [-0.39, 0.29) is 12.0 Å². The Labute approximate surface area is 217 Å². The van der Waals surface area contributed by atoms with Gasteiger partial charge in [-0.15, -0.1) is 0 Å². The number of anilines is 1. The summed E-state index contributed by atoms with van der Waals surface area (Å²) in [5.74, 6) is 0.705. The van der Waals surface area contributed by atoms with Gasteiger partial charge in [0.2, 0.25) is 5.95 Å². The second-order valence-electron chi connectivity index (χ2n) is 9.93. The number of hydrogen-bond donors (Lipinski definition) is 2. The maximum atomic E-state index is 10.9. The zero-order valence-corrected chi connectivity index (χ0v) is 21.6. The lowest BCUT2D eigenvalue weighted by Gasteiger charge is -2.33. The fourth-order valence-electron chi connectivity index (χ4n) is 5.24. The Morgan fingerprint density at radius 1 is 1.16 bits per heavy atom. The largest absolute Gasteiger partial charge is 0.388 e. The summed E-state index contributed by atoms with van der Waals surface area (Å²) in [6.07, 6.45) is 7.85. The molecule has 0 aliphatic carbocycles. The van der Waals surface area contributed by atoms with Gasteiger partial charge in [-0.1, -0.05) is 37.3 Å². The Balaban J connectivity index is 1.36. The summed E-state index contributed by atoms with van der Waals surface area (Å²) in [6, 6.07) is 14.3. The van der Waals surface area contributed by atoms with Gasteiger partial charge in [0.05, 0.1) is 35.8 Å². The minimum atomic E-state index is -0.455. The molecule has 37 heavy (non-hydrogen) atoms. The Bertz CT molecular complexity index is 1420. The third-order valence-corrected chi connectivity index (χ3v) is 7.38. The Hall–Kier alpha value is -3.80. The van der Waals surface area contributed by atoms with Gasteiger partial charge in [-0.05, 0) is 62.5 Å². The topological polar surface area (TPSA) is 102 Å². The smallest absolute Gasteiger partial charge is 0.223 e. The number of pyridine rings is 1. The number of rotatable bonds is 7. The lowest BCUT2D eigenvalue weighted by molar-refractivity contribution is 0.0592. The molecule has 1 saturated heterocycles. The van der Waals surface area contributed by atoms with Crippen molar-refractivity contribution in [2.75, 3.05) is 25.5 Å². The minimum absolute atomic E-state index is 0.0679. The van der Waals surface area contributed by atoms with Crippen molar-refractivity contribution in [1.82, 2.24) is 24.3 Å². The molecule has 1 aliphatic heterocycles. The van der Waals surface area contributed by atoms with E-state index in [1.807, 2.05) is 47.9 Å². The lowest BCUT2D eigenvalue weighted by Crippen LogP contribution is -2.35. The molecule has 5 rings (SSSR count). The third kappa shape index (κ3) is 5.06. The SMILES string of the molecule is CCc1cccn2c(-c3nc(NC(C)c4ccc(C(O)C5CCCN(C)C5)cc4)ncc3C#N)cnc12. The standard InChI is InChI=1S/C29H33N7O/c1-4-20-7-6-14-36-25(17-31-28(20)36)26-24(15-30)16-32-29(34-26)33-19(2)21-9-11-22(12-10-21)27(37)23-8-5-13-35(3)18-23/h6-7,9-12,14,16-17,19,23,27,37H,4-5,8,13,18H2,1-3H3,(H,32,33,34). The van der Waals surface area contributed by atoms with Gasteiger partial charge in [0.15, 0.2) is 0 Å². The van der Waals surface area contributed by atoms with Crippen LogP contribution in [0.1, 0.15) is 61.1 Å². The molecule has 1 fully saturated rings. The average molecular weight is 496 g/mol. The highest BCUT2D eigenvalue weighted by Gasteiger charge is 2.25. The summed E-state index contributed by atoms with van der Waals surface area (Å²) in [7, 11) is 2.11. The van der Waals surface area contributed by atoms with Crippen LogP contribution >= 0.6 is 0 Å². The number of imidazole rings is 1. The molecule has 8 heteroatoms. The number of nitrogens with one attached hydrogen (secondary N) is 1. The van der Waals surface area contributed by atoms with E-state index in [4.69, 9.17) is 4.98 Å².